The third kappa shape index (κ3) is 3.14. The van der Waals surface area contributed by atoms with Crippen LogP contribution in [0.15, 0.2) is 18.3 Å². The Morgan fingerprint density at radius 1 is 1.45 bits per heavy atom. The van der Waals surface area contributed by atoms with Crippen LogP contribution < -0.4 is 10.1 Å². The van der Waals surface area contributed by atoms with Gasteiger partial charge in [0.2, 0.25) is 0 Å². The SMILES string of the molecule is CCNC(c1ncccc1OC)C1CCCCC1(C)C. The normalized spacial score (nSPS) is 23.3. The first kappa shape index (κ1) is 15.3. The van der Waals surface area contributed by atoms with Crippen LogP contribution in [0.4, 0.5) is 0 Å². The van der Waals surface area contributed by atoms with Crippen molar-refractivity contribution in [2.75, 3.05) is 13.7 Å². The number of pyridine rings is 1. The van der Waals surface area contributed by atoms with E-state index in [1.54, 1.807) is 7.11 Å². The zero-order valence-corrected chi connectivity index (χ0v) is 13.3. The van der Waals surface area contributed by atoms with Crippen LogP contribution in [0.3, 0.4) is 0 Å². The van der Waals surface area contributed by atoms with Crippen molar-refractivity contribution in [2.45, 2.75) is 52.5 Å². The molecular weight excluding hydrogens is 248 g/mol. The van der Waals surface area contributed by atoms with E-state index in [1.165, 1.54) is 25.7 Å². The quantitative estimate of drug-likeness (QED) is 0.884. The van der Waals surface area contributed by atoms with Crippen LogP contribution in [0.5, 0.6) is 5.75 Å². The molecular formula is C17H28N2O. The number of methoxy groups -OCH3 is 1. The fourth-order valence-electron chi connectivity index (χ4n) is 3.60. The van der Waals surface area contributed by atoms with Gasteiger partial charge in [-0.25, -0.2) is 0 Å². The smallest absolute Gasteiger partial charge is 0.141 e. The van der Waals surface area contributed by atoms with Crippen LogP contribution in [-0.2, 0) is 0 Å². The topological polar surface area (TPSA) is 34.2 Å². The van der Waals surface area contributed by atoms with Gasteiger partial charge in [0, 0.05) is 6.20 Å². The number of rotatable bonds is 5. The molecule has 0 amide bonds. The van der Waals surface area contributed by atoms with Gasteiger partial charge in [0.05, 0.1) is 18.8 Å². The molecule has 0 bridgehead atoms. The predicted molar refractivity (Wildman–Crippen MR) is 82.9 cm³/mol. The molecule has 1 saturated carbocycles. The molecule has 1 aromatic heterocycles. The molecule has 112 valence electrons. The molecule has 3 heteroatoms. The molecule has 1 heterocycles. The molecule has 1 aliphatic carbocycles. The lowest BCUT2D eigenvalue weighted by molar-refractivity contribution is 0.0961. The minimum Gasteiger partial charge on any atom is -0.495 e. The molecule has 0 spiro atoms. The van der Waals surface area contributed by atoms with Gasteiger partial charge in [0.25, 0.3) is 0 Å². The van der Waals surface area contributed by atoms with Crippen molar-refractivity contribution in [3.63, 3.8) is 0 Å². The highest BCUT2D eigenvalue weighted by Gasteiger charge is 2.39. The van der Waals surface area contributed by atoms with E-state index in [2.05, 4.69) is 31.1 Å². The standard InChI is InChI=1S/C17H28N2O/c1-5-18-15(13-9-6-7-11-17(13,2)3)16-14(20-4)10-8-12-19-16/h8,10,12-13,15,18H,5-7,9,11H2,1-4H3. The summed E-state index contributed by atoms with van der Waals surface area (Å²) in [6, 6.07) is 4.24. The molecule has 1 N–H and O–H groups in total. The number of aromatic nitrogens is 1. The third-order valence-corrected chi connectivity index (χ3v) is 4.73. The van der Waals surface area contributed by atoms with Gasteiger partial charge in [-0.3, -0.25) is 4.98 Å². The van der Waals surface area contributed by atoms with Crippen molar-refractivity contribution in [1.82, 2.24) is 10.3 Å². The van der Waals surface area contributed by atoms with E-state index < -0.39 is 0 Å². The van der Waals surface area contributed by atoms with E-state index in [0.29, 0.717) is 11.3 Å². The van der Waals surface area contributed by atoms with Crippen molar-refractivity contribution in [3.8, 4) is 5.75 Å². The Hall–Kier alpha value is -1.09. The summed E-state index contributed by atoms with van der Waals surface area (Å²) >= 11 is 0. The van der Waals surface area contributed by atoms with E-state index in [9.17, 15) is 0 Å². The maximum atomic E-state index is 5.53. The summed E-state index contributed by atoms with van der Waals surface area (Å²) in [5, 5.41) is 3.66. The zero-order chi connectivity index (χ0) is 14.6. The van der Waals surface area contributed by atoms with Gasteiger partial charge in [-0.15, -0.1) is 0 Å². The molecule has 1 aliphatic rings. The Morgan fingerprint density at radius 2 is 2.25 bits per heavy atom. The Labute approximate surface area is 123 Å². The Bertz CT molecular complexity index is 431. The molecule has 0 radical (unpaired) electrons. The maximum absolute atomic E-state index is 5.53. The molecule has 0 aliphatic heterocycles. The summed E-state index contributed by atoms with van der Waals surface area (Å²) in [5.74, 6) is 1.51. The number of ether oxygens (including phenoxy) is 1. The molecule has 20 heavy (non-hydrogen) atoms. The maximum Gasteiger partial charge on any atom is 0.141 e. The average Bonchev–Trinajstić information content (AvgIpc) is 2.45. The number of nitrogens with one attached hydrogen (secondary N) is 1. The van der Waals surface area contributed by atoms with Crippen LogP contribution >= 0.6 is 0 Å². The zero-order valence-electron chi connectivity index (χ0n) is 13.3. The van der Waals surface area contributed by atoms with Gasteiger partial charge in [-0.05, 0) is 42.9 Å². The molecule has 1 aromatic rings. The van der Waals surface area contributed by atoms with E-state index in [1.807, 2.05) is 18.3 Å². The fourth-order valence-corrected chi connectivity index (χ4v) is 3.60. The highest BCUT2D eigenvalue weighted by Crippen LogP contribution is 2.47. The van der Waals surface area contributed by atoms with Crippen LogP contribution in [0, 0.1) is 11.3 Å². The van der Waals surface area contributed by atoms with Crippen molar-refractivity contribution in [1.29, 1.82) is 0 Å². The van der Waals surface area contributed by atoms with Crippen molar-refractivity contribution in [2.24, 2.45) is 11.3 Å². The Kier molecular flexibility index (Phi) is 5.03. The molecule has 0 aromatic carbocycles. The summed E-state index contributed by atoms with van der Waals surface area (Å²) in [6.07, 6.45) is 7.12. The second-order valence-electron chi connectivity index (χ2n) is 6.47. The molecule has 2 unspecified atom stereocenters. The lowest BCUT2D eigenvalue weighted by atomic mass is 9.65. The number of hydrogen-bond acceptors (Lipinski definition) is 3. The van der Waals surface area contributed by atoms with Gasteiger partial charge in [-0.1, -0.05) is 33.6 Å². The van der Waals surface area contributed by atoms with E-state index >= 15 is 0 Å². The van der Waals surface area contributed by atoms with Gasteiger partial charge in [-0.2, -0.15) is 0 Å². The number of hydrogen-bond donors (Lipinski definition) is 1. The van der Waals surface area contributed by atoms with Crippen LogP contribution in [0.2, 0.25) is 0 Å². The number of nitrogens with zero attached hydrogens (tertiary/aromatic N) is 1. The highest BCUT2D eigenvalue weighted by molar-refractivity contribution is 5.30. The second kappa shape index (κ2) is 6.57. The van der Waals surface area contributed by atoms with E-state index in [0.717, 1.165) is 18.0 Å². The molecule has 2 atom stereocenters. The second-order valence-corrected chi connectivity index (χ2v) is 6.47. The summed E-state index contributed by atoms with van der Waals surface area (Å²) in [5.41, 5.74) is 1.42. The molecule has 3 nitrogen and oxygen atoms in total. The summed E-state index contributed by atoms with van der Waals surface area (Å²) in [6.45, 7) is 7.92. The summed E-state index contributed by atoms with van der Waals surface area (Å²) in [7, 11) is 1.73. The largest absolute Gasteiger partial charge is 0.495 e. The third-order valence-electron chi connectivity index (χ3n) is 4.73. The van der Waals surface area contributed by atoms with Crippen LogP contribution in [0.1, 0.15) is 58.2 Å². The van der Waals surface area contributed by atoms with Gasteiger partial charge >= 0.3 is 0 Å². The van der Waals surface area contributed by atoms with Crippen molar-refractivity contribution >= 4 is 0 Å². The molecule has 0 saturated heterocycles. The predicted octanol–water partition coefficient (Wildman–Crippen LogP) is 3.96. The highest BCUT2D eigenvalue weighted by atomic mass is 16.5. The van der Waals surface area contributed by atoms with Crippen molar-refractivity contribution in [3.05, 3.63) is 24.0 Å². The van der Waals surface area contributed by atoms with Crippen LogP contribution in [0.25, 0.3) is 0 Å². The van der Waals surface area contributed by atoms with Gasteiger partial charge in [0.15, 0.2) is 0 Å². The van der Waals surface area contributed by atoms with Crippen molar-refractivity contribution < 1.29 is 4.74 Å². The summed E-state index contributed by atoms with van der Waals surface area (Å²) < 4.78 is 5.53. The van der Waals surface area contributed by atoms with Gasteiger partial charge in [0.1, 0.15) is 5.75 Å². The lowest BCUT2D eigenvalue weighted by Gasteiger charge is -2.43. The Morgan fingerprint density at radius 3 is 2.90 bits per heavy atom. The first-order valence-electron chi connectivity index (χ1n) is 7.82. The first-order chi connectivity index (χ1) is 9.60. The molecule has 2 rings (SSSR count). The monoisotopic (exact) mass is 276 g/mol. The Balaban J connectivity index is 2.34. The fraction of sp³-hybridized carbons (Fsp3) is 0.706. The minimum absolute atomic E-state index is 0.284. The van der Waals surface area contributed by atoms with Gasteiger partial charge < -0.3 is 10.1 Å². The van der Waals surface area contributed by atoms with E-state index in [-0.39, 0.29) is 6.04 Å². The minimum atomic E-state index is 0.284. The summed E-state index contributed by atoms with van der Waals surface area (Å²) in [4.78, 5) is 4.62. The van der Waals surface area contributed by atoms with Crippen LogP contribution in [-0.4, -0.2) is 18.6 Å². The average molecular weight is 276 g/mol. The molecule has 1 fully saturated rings. The van der Waals surface area contributed by atoms with E-state index in [4.69, 9.17) is 4.74 Å². The lowest BCUT2D eigenvalue weighted by Crippen LogP contribution is -2.39. The first-order valence-corrected chi connectivity index (χ1v) is 7.82.